The predicted molar refractivity (Wildman–Crippen MR) is 173 cm³/mol. The van der Waals surface area contributed by atoms with E-state index >= 15 is 0 Å². The van der Waals surface area contributed by atoms with Crippen molar-refractivity contribution in [3.63, 3.8) is 0 Å². The lowest BCUT2D eigenvalue weighted by molar-refractivity contribution is 0.237. The molecule has 5 aromatic heterocycles. The summed E-state index contributed by atoms with van der Waals surface area (Å²) in [6, 6.07) is 12.7. The number of halogens is 1. The molecule has 1 fully saturated rings. The number of aromatic amines is 2. The van der Waals surface area contributed by atoms with E-state index in [-0.39, 0.29) is 5.82 Å². The molecule has 2 N–H and O–H groups in total. The van der Waals surface area contributed by atoms with Crippen molar-refractivity contribution in [3.05, 3.63) is 73.1 Å². The lowest BCUT2D eigenvalue weighted by Crippen LogP contribution is -2.25. The normalized spacial score (nSPS) is 13.8. The molecule has 1 aliphatic heterocycles. The summed E-state index contributed by atoms with van der Waals surface area (Å²) < 4.78 is 26.6. The van der Waals surface area contributed by atoms with Gasteiger partial charge in [-0.3, -0.25) is 15.0 Å². The molecule has 6 heterocycles. The highest BCUT2D eigenvalue weighted by molar-refractivity contribution is 5.99. The Morgan fingerprint density at radius 2 is 1.67 bits per heavy atom. The molecule has 1 saturated heterocycles. The second-order valence-corrected chi connectivity index (χ2v) is 11.6. The maximum absolute atomic E-state index is 14.7. The van der Waals surface area contributed by atoms with Crippen LogP contribution in [0, 0.1) is 5.82 Å². The topological polar surface area (TPSA) is 108 Å². The molecule has 0 amide bonds. The first kappa shape index (κ1) is 28.9. The van der Waals surface area contributed by atoms with Crippen molar-refractivity contribution in [2.24, 2.45) is 0 Å². The van der Waals surface area contributed by atoms with Gasteiger partial charge in [0.1, 0.15) is 41.9 Å². The second-order valence-electron chi connectivity index (χ2n) is 11.6. The molecule has 7 rings (SSSR count). The van der Waals surface area contributed by atoms with Gasteiger partial charge in [0.15, 0.2) is 5.65 Å². The monoisotopic (exact) mass is 606 g/mol. The Labute approximate surface area is 260 Å². The van der Waals surface area contributed by atoms with Gasteiger partial charge in [0.25, 0.3) is 0 Å². The van der Waals surface area contributed by atoms with Gasteiger partial charge in [-0.2, -0.15) is 5.10 Å². The SMILES string of the molecule is CN(C)CCOc1cc(F)cc(-c2ccnc3[nH]c(-c4n[nH]c5ncc(-c6cncc(OCCN7CCCC7)c6)cc45)cc23)c1. The molecule has 6 aromatic rings. The van der Waals surface area contributed by atoms with Gasteiger partial charge in [-0.15, -0.1) is 0 Å². The first-order chi connectivity index (χ1) is 22.0. The Morgan fingerprint density at radius 1 is 0.844 bits per heavy atom. The highest BCUT2D eigenvalue weighted by Crippen LogP contribution is 2.35. The number of benzene rings is 1. The Morgan fingerprint density at radius 3 is 2.53 bits per heavy atom. The quantitative estimate of drug-likeness (QED) is 0.191. The summed E-state index contributed by atoms with van der Waals surface area (Å²) in [7, 11) is 3.94. The van der Waals surface area contributed by atoms with Crippen LogP contribution in [0.1, 0.15) is 12.8 Å². The fraction of sp³-hybridized carbons (Fsp3) is 0.294. The van der Waals surface area contributed by atoms with Crippen LogP contribution in [-0.4, -0.2) is 93.4 Å². The van der Waals surface area contributed by atoms with Crippen LogP contribution >= 0.6 is 0 Å². The summed E-state index contributed by atoms with van der Waals surface area (Å²) >= 11 is 0. The minimum Gasteiger partial charge on any atom is -0.492 e. The number of nitrogens with zero attached hydrogens (tertiary/aromatic N) is 6. The van der Waals surface area contributed by atoms with Gasteiger partial charge in [-0.05, 0) is 87.6 Å². The molecule has 11 heteroatoms. The molecule has 0 saturated carbocycles. The number of aromatic nitrogens is 6. The van der Waals surface area contributed by atoms with E-state index in [1.165, 1.54) is 25.0 Å². The zero-order chi connectivity index (χ0) is 30.8. The number of rotatable bonds is 11. The summed E-state index contributed by atoms with van der Waals surface area (Å²) in [5, 5.41) is 9.34. The largest absolute Gasteiger partial charge is 0.492 e. The summed E-state index contributed by atoms with van der Waals surface area (Å²) in [5.74, 6) is 0.859. The summed E-state index contributed by atoms with van der Waals surface area (Å²) in [4.78, 5) is 21.5. The minimum absolute atomic E-state index is 0.361. The standard InChI is InChI=1S/C34H35FN8O2/c1-42(2)9-11-44-26-14-22(13-25(35)17-26)28-5-6-37-33-29(28)18-31(39-33)32-30-16-24(20-38-34(30)41-40-32)23-15-27(21-36-19-23)45-12-10-43-7-3-4-8-43/h5-6,13-21H,3-4,7-12H2,1-2H3,(H,37,39)(H,38,40,41). The molecule has 230 valence electrons. The Bertz CT molecular complexity index is 1950. The average Bonchev–Trinajstić information content (AvgIpc) is 3.80. The van der Waals surface area contributed by atoms with Crippen LogP contribution in [0.2, 0.25) is 0 Å². The third-order valence-corrected chi connectivity index (χ3v) is 8.11. The van der Waals surface area contributed by atoms with Crippen molar-refractivity contribution >= 4 is 22.1 Å². The average molecular weight is 607 g/mol. The maximum atomic E-state index is 14.7. The smallest absolute Gasteiger partial charge is 0.155 e. The van der Waals surface area contributed by atoms with Gasteiger partial charge in [0.2, 0.25) is 0 Å². The molecule has 0 radical (unpaired) electrons. The Balaban J connectivity index is 1.17. The van der Waals surface area contributed by atoms with Gasteiger partial charge in [0, 0.05) is 59.6 Å². The molecular formula is C34H35FN8O2. The van der Waals surface area contributed by atoms with E-state index in [0.29, 0.717) is 41.5 Å². The van der Waals surface area contributed by atoms with Gasteiger partial charge < -0.3 is 19.4 Å². The van der Waals surface area contributed by atoms with E-state index < -0.39 is 0 Å². The van der Waals surface area contributed by atoms with Crippen molar-refractivity contribution in [1.29, 1.82) is 0 Å². The fourth-order valence-corrected chi connectivity index (χ4v) is 5.77. The van der Waals surface area contributed by atoms with Gasteiger partial charge in [0.05, 0.1) is 11.9 Å². The molecule has 0 unspecified atom stereocenters. The molecule has 0 atom stereocenters. The number of nitrogens with one attached hydrogen (secondary N) is 2. The Kier molecular flexibility index (Phi) is 8.10. The molecular weight excluding hydrogens is 571 g/mol. The van der Waals surface area contributed by atoms with E-state index in [2.05, 4.69) is 41.1 Å². The van der Waals surface area contributed by atoms with Crippen molar-refractivity contribution in [1.82, 2.24) is 39.9 Å². The number of hydrogen-bond acceptors (Lipinski definition) is 8. The zero-order valence-electron chi connectivity index (χ0n) is 25.4. The number of H-pyrrole nitrogens is 2. The molecule has 1 aromatic carbocycles. The van der Waals surface area contributed by atoms with Crippen LogP contribution in [0.3, 0.4) is 0 Å². The Hall–Kier alpha value is -4.87. The van der Waals surface area contributed by atoms with Crippen LogP contribution in [0.15, 0.2) is 67.3 Å². The maximum Gasteiger partial charge on any atom is 0.155 e. The first-order valence-electron chi connectivity index (χ1n) is 15.2. The van der Waals surface area contributed by atoms with Crippen molar-refractivity contribution < 1.29 is 13.9 Å². The van der Waals surface area contributed by atoms with E-state index in [1.54, 1.807) is 12.4 Å². The number of pyridine rings is 3. The highest BCUT2D eigenvalue weighted by atomic mass is 19.1. The van der Waals surface area contributed by atoms with Gasteiger partial charge in [-0.25, -0.2) is 14.4 Å². The molecule has 1 aliphatic rings. The first-order valence-corrected chi connectivity index (χ1v) is 15.2. The van der Waals surface area contributed by atoms with Crippen LogP contribution in [0.4, 0.5) is 4.39 Å². The van der Waals surface area contributed by atoms with Crippen LogP contribution < -0.4 is 9.47 Å². The molecule has 10 nitrogen and oxygen atoms in total. The summed E-state index contributed by atoms with van der Waals surface area (Å²) in [6.45, 7) is 5.03. The van der Waals surface area contributed by atoms with Crippen LogP contribution in [0.5, 0.6) is 11.5 Å². The second kappa shape index (κ2) is 12.6. The van der Waals surface area contributed by atoms with E-state index in [4.69, 9.17) is 9.47 Å². The van der Waals surface area contributed by atoms with Crippen molar-refractivity contribution in [2.75, 3.05) is 53.5 Å². The number of fused-ring (bicyclic) bond motifs is 2. The van der Waals surface area contributed by atoms with Crippen LogP contribution in [0.25, 0.3) is 55.7 Å². The third kappa shape index (κ3) is 6.36. The minimum atomic E-state index is -0.361. The van der Waals surface area contributed by atoms with Crippen molar-refractivity contribution in [2.45, 2.75) is 12.8 Å². The highest BCUT2D eigenvalue weighted by Gasteiger charge is 2.17. The van der Waals surface area contributed by atoms with Crippen LogP contribution in [-0.2, 0) is 0 Å². The number of hydrogen-bond donors (Lipinski definition) is 2. The van der Waals surface area contributed by atoms with E-state index in [1.807, 2.05) is 55.7 Å². The zero-order valence-corrected chi connectivity index (χ0v) is 25.4. The number of likely N-dealkylation sites (tertiary alicyclic amines) is 1. The number of ether oxygens (including phenoxy) is 2. The predicted octanol–water partition coefficient (Wildman–Crippen LogP) is 5.78. The summed E-state index contributed by atoms with van der Waals surface area (Å²) in [5.41, 5.74) is 6.17. The molecule has 0 aliphatic carbocycles. The molecule has 45 heavy (non-hydrogen) atoms. The fourth-order valence-electron chi connectivity index (χ4n) is 5.77. The van der Waals surface area contributed by atoms with Gasteiger partial charge in [-0.1, -0.05) is 0 Å². The molecule has 0 bridgehead atoms. The lowest BCUT2D eigenvalue weighted by atomic mass is 10.0. The summed E-state index contributed by atoms with van der Waals surface area (Å²) in [6.07, 6.45) is 9.61. The van der Waals surface area contributed by atoms with E-state index in [9.17, 15) is 4.39 Å². The number of likely N-dealkylation sites (N-methyl/N-ethyl adjacent to an activating group) is 1. The van der Waals surface area contributed by atoms with Crippen molar-refractivity contribution in [3.8, 4) is 45.1 Å². The third-order valence-electron chi connectivity index (χ3n) is 8.11. The molecule has 0 spiro atoms. The van der Waals surface area contributed by atoms with Gasteiger partial charge >= 0.3 is 0 Å². The van der Waals surface area contributed by atoms with E-state index in [0.717, 1.165) is 65.1 Å². The lowest BCUT2D eigenvalue weighted by Gasteiger charge is -2.15.